The third-order valence-electron chi connectivity index (χ3n) is 1.97. The summed E-state index contributed by atoms with van der Waals surface area (Å²) >= 11 is 0. The lowest BCUT2D eigenvalue weighted by atomic mass is 9.93. The molecule has 0 aliphatic rings. The Kier molecular flexibility index (Phi) is 3.60. The highest BCUT2D eigenvalue weighted by Gasteiger charge is 2.29. The number of hydrogen-bond donors (Lipinski definition) is 1. The Balaban J connectivity index is 2.84. The summed E-state index contributed by atoms with van der Waals surface area (Å²) in [5.41, 5.74) is -0.659. The fourth-order valence-electron chi connectivity index (χ4n) is 1.16. The molecule has 7 nitrogen and oxygen atoms in total. The van der Waals surface area contributed by atoms with E-state index in [0.717, 1.165) is 0 Å². The second kappa shape index (κ2) is 4.73. The van der Waals surface area contributed by atoms with Crippen molar-refractivity contribution in [3.63, 3.8) is 0 Å². The van der Waals surface area contributed by atoms with Gasteiger partial charge in [0.15, 0.2) is 5.84 Å². The molecular weight excluding hydrogens is 212 g/mol. The molecule has 16 heavy (non-hydrogen) atoms. The summed E-state index contributed by atoms with van der Waals surface area (Å²) in [7, 11) is 0. The fraction of sp³-hybridized carbons (Fsp3) is 0.556. The third kappa shape index (κ3) is 2.78. The van der Waals surface area contributed by atoms with Gasteiger partial charge in [0.05, 0.1) is 5.41 Å². The van der Waals surface area contributed by atoms with Gasteiger partial charge in [-0.1, -0.05) is 5.16 Å². The van der Waals surface area contributed by atoms with Crippen molar-refractivity contribution in [3.8, 4) is 0 Å². The summed E-state index contributed by atoms with van der Waals surface area (Å²) in [5, 5.41) is 16.0. The van der Waals surface area contributed by atoms with E-state index < -0.39 is 5.41 Å². The molecule has 0 bridgehead atoms. The van der Waals surface area contributed by atoms with Gasteiger partial charge in [0.1, 0.15) is 19.3 Å². The zero-order chi connectivity index (χ0) is 12.2. The van der Waals surface area contributed by atoms with Crippen LogP contribution in [0.3, 0.4) is 0 Å². The average Bonchev–Trinajstić information content (AvgIpc) is 2.69. The molecule has 1 aromatic heterocycles. The summed E-state index contributed by atoms with van der Waals surface area (Å²) in [6.45, 7) is 4.96. The number of esters is 1. The largest absolute Gasteiger partial charge is 0.465 e. The molecule has 0 amide bonds. The highest BCUT2D eigenvalue weighted by atomic mass is 16.5. The highest BCUT2D eigenvalue weighted by Crippen LogP contribution is 2.19. The number of rotatable bonds is 3. The molecule has 0 spiro atoms. The first-order valence-electron chi connectivity index (χ1n) is 4.68. The Bertz CT molecular complexity index is 383. The molecule has 0 radical (unpaired) electrons. The Morgan fingerprint density at radius 3 is 2.75 bits per heavy atom. The van der Waals surface area contributed by atoms with Crippen LogP contribution in [0.2, 0.25) is 0 Å². The monoisotopic (exact) mass is 226 g/mol. The second-order valence-corrected chi connectivity index (χ2v) is 3.93. The molecule has 1 heterocycles. The summed E-state index contributed by atoms with van der Waals surface area (Å²) < 4.78 is 6.22. The summed E-state index contributed by atoms with van der Waals surface area (Å²) in [5.74, 6) is -0.129. The maximum atomic E-state index is 10.7. The van der Waals surface area contributed by atoms with E-state index >= 15 is 0 Å². The Hall–Kier alpha value is -1.92. The van der Waals surface area contributed by atoms with E-state index in [-0.39, 0.29) is 18.4 Å². The normalized spacial score (nSPS) is 12.6. The van der Waals surface area contributed by atoms with Crippen molar-refractivity contribution in [1.29, 1.82) is 0 Å². The topological polar surface area (TPSA) is 89.6 Å². The van der Waals surface area contributed by atoms with Crippen molar-refractivity contribution in [3.05, 3.63) is 12.7 Å². The van der Waals surface area contributed by atoms with Crippen molar-refractivity contribution >= 4 is 11.8 Å². The summed E-state index contributed by atoms with van der Waals surface area (Å²) in [6, 6.07) is 0. The van der Waals surface area contributed by atoms with Crippen molar-refractivity contribution in [2.24, 2.45) is 10.6 Å². The average molecular weight is 226 g/mol. The maximum Gasteiger partial charge on any atom is 0.302 e. The number of ether oxygens (including phenoxy) is 1. The number of hydrogen-bond acceptors (Lipinski definition) is 6. The molecule has 1 N–H and O–H groups in total. The molecule has 0 fully saturated rings. The van der Waals surface area contributed by atoms with Crippen LogP contribution in [0, 0.1) is 5.41 Å². The van der Waals surface area contributed by atoms with Gasteiger partial charge < -0.3 is 9.94 Å². The van der Waals surface area contributed by atoms with E-state index in [1.54, 1.807) is 13.8 Å². The van der Waals surface area contributed by atoms with Crippen LogP contribution < -0.4 is 0 Å². The van der Waals surface area contributed by atoms with Crippen LogP contribution in [0.4, 0.5) is 0 Å². The second-order valence-electron chi connectivity index (χ2n) is 3.93. The van der Waals surface area contributed by atoms with E-state index in [2.05, 4.69) is 15.2 Å². The van der Waals surface area contributed by atoms with Gasteiger partial charge in [0.25, 0.3) is 0 Å². The van der Waals surface area contributed by atoms with Gasteiger partial charge in [0, 0.05) is 6.92 Å². The van der Waals surface area contributed by atoms with E-state index in [1.807, 2.05) is 0 Å². The molecule has 7 heteroatoms. The molecule has 0 aromatic carbocycles. The lowest BCUT2D eigenvalue weighted by Crippen LogP contribution is -2.36. The summed E-state index contributed by atoms with van der Waals surface area (Å²) in [4.78, 5) is 14.5. The molecule has 0 aliphatic carbocycles. The zero-order valence-electron chi connectivity index (χ0n) is 9.41. The third-order valence-corrected chi connectivity index (χ3v) is 1.97. The number of nitrogens with zero attached hydrogens (tertiary/aromatic N) is 4. The zero-order valence-corrected chi connectivity index (χ0v) is 9.41. The molecule has 1 aromatic rings. The van der Waals surface area contributed by atoms with Crippen molar-refractivity contribution in [2.45, 2.75) is 20.8 Å². The molecule has 0 atom stereocenters. The molecule has 0 unspecified atom stereocenters. The van der Waals surface area contributed by atoms with Crippen molar-refractivity contribution in [1.82, 2.24) is 14.8 Å². The van der Waals surface area contributed by atoms with Gasteiger partial charge >= 0.3 is 5.97 Å². The SMILES string of the molecule is CC(=O)OCC(C)(C)/C(=N\O)n1cncn1. The van der Waals surface area contributed by atoms with Crippen LogP contribution in [0.5, 0.6) is 0 Å². The minimum Gasteiger partial charge on any atom is -0.465 e. The van der Waals surface area contributed by atoms with Crippen LogP contribution in [0.1, 0.15) is 20.8 Å². The number of aromatic nitrogens is 3. The first kappa shape index (κ1) is 12.2. The molecule has 88 valence electrons. The summed E-state index contributed by atoms with van der Waals surface area (Å²) in [6.07, 6.45) is 2.73. The van der Waals surface area contributed by atoms with Crippen LogP contribution >= 0.6 is 0 Å². The minimum atomic E-state index is -0.659. The number of carbonyl (C=O) groups is 1. The van der Waals surface area contributed by atoms with Gasteiger partial charge in [-0.2, -0.15) is 5.10 Å². The van der Waals surface area contributed by atoms with E-state index in [0.29, 0.717) is 0 Å². The Morgan fingerprint density at radius 1 is 1.62 bits per heavy atom. The Labute approximate surface area is 92.7 Å². The predicted molar refractivity (Wildman–Crippen MR) is 55.1 cm³/mol. The first-order chi connectivity index (χ1) is 7.47. The molecule has 0 saturated carbocycles. The quantitative estimate of drug-likeness (QED) is 0.266. The van der Waals surface area contributed by atoms with Crippen molar-refractivity contribution < 1.29 is 14.7 Å². The standard InChI is InChI=1S/C9H14N4O3/c1-7(14)16-4-9(2,3)8(12-15)13-6-10-5-11-13/h5-6,15H,4H2,1-3H3/b12-8+. The molecule has 1 rings (SSSR count). The van der Waals surface area contributed by atoms with Gasteiger partial charge in [-0.15, -0.1) is 0 Å². The van der Waals surface area contributed by atoms with Gasteiger partial charge in [-0.05, 0) is 13.8 Å². The van der Waals surface area contributed by atoms with Crippen LogP contribution in [0.25, 0.3) is 0 Å². The van der Waals surface area contributed by atoms with E-state index in [1.165, 1.54) is 24.3 Å². The number of carbonyl (C=O) groups excluding carboxylic acids is 1. The maximum absolute atomic E-state index is 10.7. The van der Waals surface area contributed by atoms with Crippen molar-refractivity contribution in [2.75, 3.05) is 6.61 Å². The van der Waals surface area contributed by atoms with Gasteiger partial charge in [-0.25, -0.2) is 9.67 Å². The molecular formula is C9H14N4O3. The predicted octanol–water partition coefficient (Wildman–Crippen LogP) is 0.503. The van der Waals surface area contributed by atoms with Crippen LogP contribution in [-0.4, -0.2) is 38.4 Å². The van der Waals surface area contributed by atoms with Gasteiger partial charge in [-0.3, -0.25) is 4.79 Å². The number of oxime groups is 1. The first-order valence-corrected chi connectivity index (χ1v) is 4.68. The fourth-order valence-corrected chi connectivity index (χ4v) is 1.16. The van der Waals surface area contributed by atoms with Crippen LogP contribution in [0.15, 0.2) is 17.8 Å². The van der Waals surface area contributed by atoms with Gasteiger partial charge in [0.2, 0.25) is 0 Å². The Morgan fingerprint density at radius 2 is 2.31 bits per heavy atom. The lowest BCUT2D eigenvalue weighted by molar-refractivity contribution is -0.142. The minimum absolute atomic E-state index is 0.0988. The lowest BCUT2D eigenvalue weighted by Gasteiger charge is -2.23. The smallest absolute Gasteiger partial charge is 0.302 e. The molecule has 0 saturated heterocycles. The molecule has 0 aliphatic heterocycles. The van der Waals surface area contributed by atoms with E-state index in [4.69, 9.17) is 9.94 Å². The highest BCUT2D eigenvalue weighted by molar-refractivity contribution is 5.88. The van der Waals surface area contributed by atoms with E-state index in [9.17, 15) is 4.79 Å². The van der Waals surface area contributed by atoms with Crippen LogP contribution in [-0.2, 0) is 9.53 Å².